The van der Waals surface area contributed by atoms with Gasteiger partial charge in [-0.05, 0) is 24.7 Å². The standard InChI is InChI=1S/C11H14ClF3N2O2S/c1-2-16-5-6-17-20(18,19)10-4-3-8(7-9(10)12)11(13,14)15/h3-4,7,16-17H,2,5-6H2,1H3. The molecule has 0 unspecified atom stereocenters. The van der Waals surface area contributed by atoms with Crippen molar-refractivity contribution in [2.45, 2.75) is 18.0 Å². The second kappa shape index (κ2) is 6.75. The summed E-state index contributed by atoms with van der Waals surface area (Å²) in [5.41, 5.74) is -0.992. The third kappa shape index (κ3) is 4.62. The lowest BCUT2D eigenvalue weighted by atomic mass is 10.2. The molecule has 0 saturated heterocycles. The van der Waals surface area contributed by atoms with Crippen molar-refractivity contribution in [2.24, 2.45) is 0 Å². The van der Waals surface area contributed by atoms with Crippen LogP contribution in [0.5, 0.6) is 0 Å². The zero-order valence-corrected chi connectivity index (χ0v) is 12.2. The molecule has 0 aliphatic carbocycles. The number of hydrogen-bond acceptors (Lipinski definition) is 3. The van der Waals surface area contributed by atoms with Gasteiger partial charge >= 0.3 is 6.18 Å². The molecule has 0 radical (unpaired) electrons. The van der Waals surface area contributed by atoms with Crippen LogP contribution in [0.1, 0.15) is 12.5 Å². The van der Waals surface area contributed by atoms with E-state index in [-0.39, 0.29) is 11.4 Å². The summed E-state index contributed by atoms with van der Waals surface area (Å²) in [5, 5.41) is 2.44. The summed E-state index contributed by atoms with van der Waals surface area (Å²) >= 11 is 5.63. The fraction of sp³-hybridized carbons (Fsp3) is 0.455. The van der Waals surface area contributed by atoms with Crippen molar-refractivity contribution in [3.8, 4) is 0 Å². The van der Waals surface area contributed by atoms with Crippen LogP contribution >= 0.6 is 11.6 Å². The van der Waals surface area contributed by atoms with Crippen molar-refractivity contribution in [2.75, 3.05) is 19.6 Å². The van der Waals surface area contributed by atoms with Crippen LogP contribution in [0.25, 0.3) is 0 Å². The Hall–Kier alpha value is -0.830. The molecule has 0 aliphatic heterocycles. The van der Waals surface area contributed by atoms with Gasteiger partial charge in [-0.3, -0.25) is 0 Å². The molecule has 0 amide bonds. The lowest BCUT2D eigenvalue weighted by Gasteiger charge is -2.11. The van der Waals surface area contributed by atoms with E-state index >= 15 is 0 Å². The van der Waals surface area contributed by atoms with Crippen LogP contribution in [0.15, 0.2) is 23.1 Å². The molecular formula is C11H14ClF3N2O2S. The molecule has 0 bridgehead atoms. The van der Waals surface area contributed by atoms with Gasteiger partial charge < -0.3 is 5.32 Å². The van der Waals surface area contributed by atoms with Crippen molar-refractivity contribution in [3.63, 3.8) is 0 Å². The van der Waals surface area contributed by atoms with Crippen LogP contribution in [0.2, 0.25) is 5.02 Å². The van der Waals surface area contributed by atoms with E-state index in [2.05, 4.69) is 10.0 Å². The van der Waals surface area contributed by atoms with E-state index in [4.69, 9.17) is 11.6 Å². The van der Waals surface area contributed by atoms with Gasteiger partial charge in [0, 0.05) is 13.1 Å². The first kappa shape index (κ1) is 17.2. The van der Waals surface area contributed by atoms with Crippen LogP contribution in [0.4, 0.5) is 13.2 Å². The summed E-state index contributed by atoms with van der Waals surface area (Å²) in [6, 6.07) is 2.13. The molecular weight excluding hydrogens is 317 g/mol. The summed E-state index contributed by atoms with van der Waals surface area (Å²) in [7, 11) is -3.92. The fourth-order valence-electron chi connectivity index (χ4n) is 1.42. The lowest BCUT2D eigenvalue weighted by molar-refractivity contribution is -0.137. The minimum absolute atomic E-state index is 0.119. The van der Waals surface area contributed by atoms with Crippen molar-refractivity contribution >= 4 is 21.6 Å². The van der Waals surface area contributed by atoms with E-state index in [1.54, 1.807) is 0 Å². The van der Waals surface area contributed by atoms with Gasteiger partial charge in [-0.15, -0.1) is 0 Å². The number of likely N-dealkylation sites (N-methyl/N-ethyl adjacent to an activating group) is 1. The second-order valence-corrected chi connectivity index (χ2v) is 6.04. The molecule has 1 aromatic carbocycles. The molecule has 0 saturated carbocycles. The van der Waals surface area contributed by atoms with Gasteiger partial charge in [-0.25, -0.2) is 13.1 Å². The van der Waals surface area contributed by atoms with Crippen LogP contribution in [-0.2, 0) is 16.2 Å². The Morgan fingerprint density at radius 1 is 1.25 bits per heavy atom. The molecule has 0 aromatic heterocycles. The molecule has 4 nitrogen and oxygen atoms in total. The molecule has 20 heavy (non-hydrogen) atoms. The SMILES string of the molecule is CCNCCNS(=O)(=O)c1ccc(C(F)(F)F)cc1Cl. The Morgan fingerprint density at radius 2 is 1.90 bits per heavy atom. The molecule has 2 N–H and O–H groups in total. The van der Waals surface area contributed by atoms with Gasteiger partial charge in [0.25, 0.3) is 0 Å². The average molecular weight is 331 g/mol. The van der Waals surface area contributed by atoms with Gasteiger partial charge in [-0.1, -0.05) is 18.5 Å². The van der Waals surface area contributed by atoms with E-state index in [1.807, 2.05) is 6.92 Å². The summed E-state index contributed by atoms with van der Waals surface area (Å²) in [6.07, 6.45) is -4.57. The maximum absolute atomic E-state index is 12.5. The predicted octanol–water partition coefficient (Wildman–Crippen LogP) is 2.25. The van der Waals surface area contributed by atoms with Crippen LogP contribution in [0, 0.1) is 0 Å². The molecule has 0 heterocycles. The van der Waals surface area contributed by atoms with Crippen molar-refractivity contribution in [1.82, 2.24) is 10.0 Å². The molecule has 0 atom stereocenters. The normalized spacial score (nSPS) is 12.7. The van der Waals surface area contributed by atoms with E-state index in [9.17, 15) is 21.6 Å². The Balaban J connectivity index is 2.91. The number of hydrogen-bond donors (Lipinski definition) is 2. The van der Waals surface area contributed by atoms with Gasteiger partial charge in [0.2, 0.25) is 10.0 Å². The Morgan fingerprint density at radius 3 is 2.40 bits per heavy atom. The fourth-order valence-corrected chi connectivity index (χ4v) is 3.00. The zero-order chi connectivity index (χ0) is 15.4. The van der Waals surface area contributed by atoms with E-state index in [0.717, 1.165) is 6.07 Å². The summed E-state index contributed by atoms with van der Waals surface area (Å²) in [6.45, 7) is 3.07. The number of benzene rings is 1. The highest BCUT2D eigenvalue weighted by molar-refractivity contribution is 7.89. The topological polar surface area (TPSA) is 58.2 Å². The largest absolute Gasteiger partial charge is 0.416 e. The third-order valence-corrected chi connectivity index (χ3v) is 4.34. The van der Waals surface area contributed by atoms with Crippen molar-refractivity contribution in [1.29, 1.82) is 0 Å². The summed E-state index contributed by atoms with van der Waals surface area (Å²) in [4.78, 5) is -0.372. The zero-order valence-electron chi connectivity index (χ0n) is 10.6. The van der Waals surface area contributed by atoms with Crippen LogP contribution in [-0.4, -0.2) is 28.1 Å². The Labute approximate surface area is 120 Å². The van der Waals surface area contributed by atoms with E-state index in [1.165, 1.54) is 0 Å². The second-order valence-electron chi connectivity index (χ2n) is 3.89. The first-order valence-corrected chi connectivity index (χ1v) is 7.61. The average Bonchev–Trinajstić information content (AvgIpc) is 2.33. The van der Waals surface area contributed by atoms with Crippen LogP contribution in [0.3, 0.4) is 0 Å². The highest BCUT2D eigenvalue weighted by atomic mass is 35.5. The maximum atomic E-state index is 12.5. The van der Waals surface area contributed by atoms with Gasteiger partial charge in [0.1, 0.15) is 4.90 Å². The minimum atomic E-state index is -4.57. The number of alkyl halides is 3. The van der Waals surface area contributed by atoms with E-state index in [0.29, 0.717) is 25.2 Å². The first-order valence-electron chi connectivity index (χ1n) is 5.75. The molecule has 0 spiro atoms. The minimum Gasteiger partial charge on any atom is -0.316 e. The molecule has 1 rings (SSSR count). The number of nitrogens with one attached hydrogen (secondary N) is 2. The number of halogens is 4. The van der Waals surface area contributed by atoms with Gasteiger partial charge in [0.05, 0.1) is 10.6 Å². The summed E-state index contributed by atoms with van der Waals surface area (Å²) in [5.74, 6) is 0. The highest BCUT2D eigenvalue weighted by Crippen LogP contribution is 2.33. The quantitative estimate of drug-likeness (QED) is 0.787. The molecule has 9 heteroatoms. The Bertz CT molecular complexity index is 561. The monoisotopic (exact) mass is 330 g/mol. The smallest absolute Gasteiger partial charge is 0.316 e. The first-order chi connectivity index (χ1) is 9.18. The third-order valence-electron chi connectivity index (χ3n) is 2.39. The Kier molecular flexibility index (Phi) is 5.81. The maximum Gasteiger partial charge on any atom is 0.416 e. The van der Waals surface area contributed by atoms with Gasteiger partial charge in [-0.2, -0.15) is 13.2 Å². The molecule has 1 aromatic rings. The van der Waals surface area contributed by atoms with Crippen molar-refractivity contribution in [3.05, 3.63) is 28.8 Å². The van der Waals surface area contributed by atoms with E-state index < -0.39 is 26.8 Å². The van der Waals surface area contributed by atoms with Crippen molar-refractivity contribution < 1.29 is 21.6 Å². The number of sulfonamides is 1. The molecule has 114 valence electrons. The lowest BCUT2D eigenvalue weighted by Crippen LogP contribution is -2.32. The molecule has 0 fully saturated rings. The van der Waals surface area contributed by atoms with Crippen LogP contribution < -0.4 is 10.0 Å². The predicted molar refractivity (Wildman–Crippen MR) is 70.2 cm³/mol. The highest BCUT2D eigenvalue weighted by Gasteiger charge is 2.32. The number of rotatable bonds is 6. The van der Waals surface area contributed by atoms with Gasteiger partial charge in [0.15, 0.2) is 0 Å². The summed E-state index contributed by atoms with van der Waals surface area (Å²) < 4.78 is 63.4. The molecule has 0 aliphatic rings.